The summed E-state index contributed by atoms with van der Waals surface area (Å²) in [6, 6.07) is 21.1. The van der Waals surface area contributed by atoms with Gasteiger partial charge in [-0.3, -0.25) is 0 Å². The van der Waals surface area contributed by atoms with Gasteiger partial charge in [-0.05, 0) is 30.5 Å². The van der Waals surface area contributed by atoms with Crippen LogP contribution in [-0.4, -0.2) is 4.98 Å². The number of unbranched alkanes of at least 4 members (excludes halogenated alkanes) is 1. The second kappa shape index (κ2) is 5.87. The van der Waals surface area contributed by atoms with Crippen LogP contribution in [-0.2, 0) is 6.42 Å². The first-order valence-electron chi connectivity index (χ1n) is 7.32. The van der Waals surface area contributed by atoms with E-state index in [4.69, 9.17) is 4.98 Å². The number of pyridine rings is 1. The van der Waals surface area contributed by atoms with Crippen LogP contribution < -0.4 is 0 Å². The Labute approximate surface area is 120 Å². The molecular weight excluding hydrogens is 242 g/mol. The van der Waals surface area contributed by atoms with E-state index in [-0.39, 0.29) is 0 Å². The van der Waals surface area contributed by atoms with Gasteiger partial charge in [-0.25, -0.2) is 4.98 Å². The number of benzene rings is 2. The van der Waals surface area contributed by atoms with Crippen molar-refractivity contribution in [1.29, 1.82) is 0 Å². The predicted molar refractivity (Wildman–Crippen MR) is 85.8 cm³/mol. The average molecular weight is 261 g/mol. The Kier molecular flexibility index (Phi) is 3.78. The van der Waals surface area contributed by atoms with Crippen molar-refractivity contribution in [3.05, 3.63) is 66.2 Å². The first-order chi connectivity index (χ1) is 9.88. The van der Waals surface area contributed by atoms with E-state index >= 15 is 0 Å². The Morgan fingerprint density at radius 3 is 2.45 bits per heavy atom. The van der Waals surface area contributed by atoms with E-state index in [0.29, 0.717) is 0 Å². The summed E-state index contributed by atoms with van der Waals surface area (Å²) in [5, 5.41) is 1.29. The number of hydrogen-bond acceptors (Lipinski definition) is 1. The van der Waals surface area contributed by atoms with E-state index in [1.807, 2.05) is 6.07 Å². The second-order valence-electron chi connectivity index (χ2n) is 5.15. The van der Waals surface area contributed by atoms with Gasteiger partial charge in [-0.2, -0.15) is 0 Å². The lowest BCUT2D eigenvalue weighted by Gasteiger charge is -2.09. The summed E-state index contributed by atoms with van der Waals surface area (Å²) in [6.07, 6.45) is 3.57. The van der Waals surface area contributed by atoms with E-state index < -0.39 is 0 Å². The van der Waals surface area contributed by atoms with Crippen LogP contribution in [0, 0.1) is 0 Å². The molecule has 0 N–H and O–H groups in total. The molecule has 0 aliphatic rings. The molecule has 0 saturated carbocycles. The molecular formula is C19H19N. The summed E-state index contributed by atoms with van der Waals surface area (Å²) >= 11 is 0. The van der Waals surface area contributed by atoms with Crippen LogP contribution in [0.1, 0.15) is 25.3 Å². The van der Waals surface area contributed by atoms with Crippen LogP contribution in [0.5, 0.6) is 0 Å². The van der Waals surface area contributed by atoms with Gasteiger partial charge in [-0.1, -0.05) is 61.9 Å². The highest BCUT2D eigenvalue weighted by Crippen LogP contribution is 2.25. The van der Waals surface area contributed by atoms with Crippen LogP contribution in [0.25, 0.3) is 22.2 Å². The van der Waals surface area contributed by atoms with Gasteiger partial charge in [-0.15, -0.1) is 0 Å². The van der Waals surface area contributed by atoms with E-state index in [1.54, 1.807) is 0 Å². The smallest absolute Gasteiger partial charge is 0.0712 e. The molecule has 1 nitrogen and oxygen atoms in total. The molecule has 1 heterocycles. The zero-order chi connectivity index (χ0) is 13.8. The van der Waals surface area contributed by atoms with Crippen molar-refractivity contribution in [3.63, 3.8) is 0 Å². The molecule has 1 aromatic heterocycles. The first-order valence-corrected chi connectivity index (χ1v) is 7.32. The SMILES string of the molecule is CCCCc1cc(-c2ccccc2)nc2ccccc12. The number of aromatic nitrogens is 1. The minimum absolute atomic E-state index is 1.08. The van der Waals surface area contributed by atoms with E-state index in [9.17, 15) is 0 Å². The Balaban J connectivity index is 2.14. The molecule has 3 rings (SSSR count). The molecule has 100 valence electrons. The number of hydrogen-bond donors (Lipinski definition) is 0. The quantitative estimate of drug-likeness (QED) is 0.625. The molecule has 0 aliphatic carbocycles. The van der Waals surface area contributed by atoms with Gasteiger partial charge in [0.15, 0.2) is 0 Å². The fourth-order valence-corrected chi connectivity index (χ4v) is 2.58. The van der Waals surface area contributed by atoms with Crippen LogP contribution in [0.2, 0.25) is 0 Å². The lowest BCUT2D eigenvalue weighted by atomic mass is 10.0. The van der Waals surface area contributed by atoms with E-state index in [2.05, 4.69) is 61.5 Å². The van der Waals surface area contributed by atoms with Crippen molar-refractivity contribution in [2.75, 3.05) is 0 Å². The lowest BCUT2D eigenvalue weighted by Crippen LogP contribution is -1.93. The Bertz CT molecular complexity index is 701. The monoisotopic (exact) mass is 261 g/mol. The highest BCUT2D eigenvalue weighted by Gasteiger charge is 2.06. The summed E-state index contributed by atoms with van der Waals surface area (Å²) in [6.45, 7) is 2.24. The molecule has 0 spiro atoms. The van der Waals surface area contributed by atoms with Crippen LogP contribution >= 0.6 is 0 Å². The largest absolute Gasteiger partial charge is 0.248 e. The Hall–Kier alpha value is -2.15. The van der Waals surface area contributed by atoms with Gasteiger partial charge in [0.2, 0.25) is 0 Å². The number of aryl methyl sites for hydroxylation is 1. The fourth-order valence-electron chi connectivity index (χ4n) is 2.58. The molecule has 0 aliphatic heterocycles. The third kappa shape index (κ3) is 2.57. The number of para-hydroxylation sites is 1. The second-order valence-corrected chi connectivity index (χ2v) is 5.15. The maximum absolute atomic E-state index is 4.81. The van der Waals surface area contributed by atoms with Crippen molar-refractivity contribution in [3.8, 4) is 11.3 Å². The van der Waals surface area contributed by atoms with Crippen molar-refractivity contribution in [2.24, 2.45) is 0 Å². The van der Waals surface area contributed by atoms with Gasteiger partial charge in [0, 0.05) is 10.9 Å². The maximum atomic E-state index is 4.81. The lowest BCUT2D eigenvalue weighted by molar-refractivity contribution is 0.798. The highest BCUT2D eigenvalue weighted by molar-refractivity contribution is 5.85. The van der Waals surface area contributed by atoms with Crippen LogP contribution in [0.3, 0.4) is 0 Å². The maximum Gasteiger partial charge on any atom is 0.0712 e. The van der Waals surface area contributed by atoms with Gasteiger partial charge < -0.3 is 0 Å². The molecule has 0 saturated heterocycles. The zero-order valence-corrected chi connectivity index (χ0v) is 11.8. The van der Waals surface area contributed by atoms with Gasteiger partial charge >= 0.3 is 0 Å². The summed E-state index contributed by atoms with van der Waals surface area (Å²) < 4.78 is 0. The molecule has 20 heavy (non-hydrogen) atoms. The normalized spacial score (nSPS) is 10.8. The molecule has 0 atom stereocenters. The molecule has 3 aromatic rings. The summed E-state index contributed by atoms with van der Waals surface area (Å²) in [5.41, 5.74) is 4.78. The minimum Gasteiger partial charge on any atom is -0.248 e. The van der Waals surface area contributed by atoms with Crippen molar-refractivity contribution in [2.45, 2.75) is 26.2 Å². The van der Waals surface area contributed by atoms with E-state index in [1.165, 1.54) is 29.4 Å². The molecule has 2 aromatic carbocycles. The third-order valence-electron chi connectivity index (χ3n) is 3.67. The molecule has 0 fully saturated rings. The Morgan fingerprint density at radius 2 is 1.65 bits per heavy atom. The van der Waals surface area contributed by atoms with Crippen molar-refractivity contribution < 1.29 is 0 Å². The average Bonchev–Trinajstić information content (AvgIpc) is 2.53. The molecule has 1 heteroatoms. The van der Waals surface area contributed by atoms with Crippen LogP contribution in [0.4, 0.5) is 0 Å². The topological polar surface area (TPSA) is 12.9 Å². The molecule has 0 unspecified atom stereocenters. The molecule has 0 amide bonds. The summed E-state index contributed by atoms with van der Waals surface area (Å²) in [4.78, 5) is 4.81. The van der Waals surface area contributed by atoms with Gasteiger partial charge in [0.1, 0.15) is 0 Å². The standard InChI is InChI=1S/C19H19N/c1-2-3-9-16-14-19(15-10-5-4-6-11-15)20-18-13-8-7-12-17(16)18/h4-8,10-14H,2-3,9H2,1H3. The van der Waals surface area contributed by atoms with Crippen molar-refractivity contribution >= 4 is 10.9 Å². The fraction of sp³-hybridized carbons (Fsp3) is 0.211. The molecule has 0 radical (unpaired) electrons. The zero-order valence-electron chi connectivity index (χ0n) is 11.8. The highest BCUT2D eigenvalue weighted by atomic mass is 14.7. The molecule has 0 bridgehead atoms. The number of rotatable bonds is 4. The summed E-state index contributed by atoms with van der Waals surface area (Å²) in [5.74, 6) is 0. The predicted octanol–water partition coefficient (Wildman–Crippen LogP) is 5.24. The summed E-state index contributed by atoms with van der Waals surface area (Å²) in [7, 11) is 0. The van der Waals surface area contributed by atoms with Crippen molar-refractivity contribution in [1.82, 2.24) is 4.98 Å². The van der Waals surface area contributed by atoms with Crippen LogP contribution in [0.15, 0.2) is 60.7 Å². The number of nitrogens with zero attached hydrogens (tertiary/aromatic N) is 1. The number of fused-ring (bicyclic) bond motifs is 1. The Morgan fingerprint density at radius 1 is 0.900 bits per heavy atom. The minimum atomic E-state index is 1.08. The first kappa shape index (κ1) is 12.9. The van der Waals surface area contributed by atoms with E-state index in [0.717, 1.165) is 17.6 Å². The third-order valence-corrected chi connectivity index (χ3v) is 3.67. The van der Waals surface area contributed by atoms with Gasteiger partial charge in [0.05, 0.1) is 11.2 Å². The van der Waals surface area contributed by atoms with Gasteiger partial charge in [0.25, 0.3) is 0 Å².